The van der Waals surface area contributed by atoms with Gasteiger partial charge in [0, 0.05) is 12.7 Å². The molecule has 0 aliphatic carbocycles. The smallest absolute Gasteiger partial charge is 0.188 e. The molecule has 1 unspecified atom stereocenters. The summed E-state index contributed by atoms with van der Waals surface area (Å²) in [6.07, 6.45) is -0.903. The van der Waals surface area contributed by atoms with E-state index in [1.54, 1.807) is 12.1 Å². The second kappa shape index (κ2) is 8.21. The van der Waals surface area contributed by atoms with Crippen LogP contribution in [-0.2, 0) is 4.74 Å². The largest absolute Gasteiger partial charge is 0.467 e. The standard InChI is InChI=1S/C19H22Cl2O3/c1-11(2)15-7-13(6-5-12(15)3)19(22)18-16(20)8-14(9-17(18)21)24-10-23-4/h5-9,11,19,22H,10H2,1-4H3. The molecule has 5 heteroatoms. The van der Waals surface area contributed by atoms with Gasteiger partial charge in [-0.1, -0.05) is 55.2 Å². The van der Waals surface area contributed by atoms with Crippen molar-refractivity contribution in [2.75, 3.05) is 13.9 Å². The predicted molar refractivity (Wildman–Crippen MR) is 98.3 cm³/mol. The first-order valence-electron chi connectivity index (χ1n) is 7.74. The topological polar surface area (TPSA) is 38.7 Å². The molecule has 2 aromatic carbocycles. The van der Waals surface area contributed by atoms with Crippen LogP contribution in [0.25, 0.3) is 0 Å². The van der Waals surface area contributed by atoms with Crippen LogP contribution in [0.1, 0.15) is 48.1 Å². The van der Waals surface area contributed by atoms with Gasteiger partial charge in [0.05, 0.1) is 10.0 Å². The summed E-state index contributed by atoms with van der Waals surface area (Å²) in [5.41, 5.74) is 3.63. The van der Waals surface area contributed by atoms with E-state index in [0.29, 0.717) is 27.3 Å². The molecule has 2 rings (SSSR count). The van der Waals surface area contributed by atoms with Crippen LogP contribution in [0.2, 0.25) is 10.0 Å². The Bertz CT molecular complexity index is 691. The SMILES string of the molecule is COCOc1cc(Cl)c(C(O)c2ccc(C)c(C(C)C)c2)c(Cl)c1. The molecule has 0 saturated carbocycles. The molecule has 0 aliphatic rings. The van der Waals surface area contributed by atoms with Crippen molar-refractivity contribution in [2.24, 2.45) is 0 Å². The molecule has 0 radical (unpaired) electrons. The average Bonchev–Trinajstić information content (AvgIpc) is 2.52. The lowest BCUT2D eigenvalue weighted by Crippen LogP contribution is -2.05. The Hall–Kier alpha value is -1.26. The minimum atomic E-state index is -0.903. The Morgan fingerprint density at radius 3 is 2.25 bits per heavy atom. The van der Waals surface area contributed by atoms with Gasteiger partial charge in [0.15, 0.2) is 6.79 Å². The maximum Gasteiger partial charge on any atom is 0.188 e. The molecule has 0 heterocycles. The average molecular weight is 369 g/mol. The van der Waals surface area contributed by atoms with Crippen molar-refractivity contribution < 1.29 is 14.6 Å². The number of aliphatic hydroxyl groups is 1. The van der Waals surface area contributed by atoms with Gasteiger partial charge in [0.25, 0.3) is 0 Å². The van der Waals surface area contributed by atoms with Gasteiger partial charge in [0.1, 0.15) is 11.9 Å². The molecule has 3 nitrogen and oxygen atoms in total. The van der Waals surface area contributed by atoms with Crippen LogP contribution in [-0.4, -0.2) is 19.0 Å². The minimum absolute atomic E-state index is 0.101. The zero-order chi connectivity index (χ0) is 17.9. The van der Waals surface area contributed by atoms with E-state index in [1.165, 1.54) is 18.2 Å². The summed E-state index contributed by atoms with van der Waals surface area (Å²) in [6, 6.07) is 9.16. The minimum Gasteiger partial charge on any atom is -0.467 e. The first-order valence-corrected chi connectivity index (χ1v) is 8.50. The van der Waals surface area contributed by atoms with Crippen LogP contribution in [0.4, 0.5) is 0 Å². The molecule has 24 heavy (non-hydrogen) atoms. The number of benzene rings is 2. The van der Waals surface area contributed by atoms with Crippen LogP contribution >= 0.6 is 23.2 Å². The highest BCUT2D eigenvalue weighted by molar-refractivity contribution is 6.36. The molecule has 0 fully saturated rings. The molecule has 0 bridgehead atoms. The van der Waals surface area contributed by atoms with E-state index in [9.17, 15) is 5.11 Å². The summed E-state index contributed by atoms with van der Waals surface area (Å²) >= 11 is 12.7. The predicted octanol–water partition coefficient (Wildman–Crippen LogP) is 5.49. The molecule has 130 valence electrons. The van der Waals surface area contributed by atoms with Crippen molar-refractivity contribution in [3.63, 3.8) is 0 Å². The van der Waals surface area contributed by atoms with E-state index in [1.807, 2.05) is 18.2 Å². The van der Waals surface area contributed by atoms with Crippen LogP contribution in [0.5, 0.6) is 5.75 Å². The first kappa shape index (κ1) is 19.1. The normalized spacial score (nSPS) is 12.5. The van der Waals surface area contributed by atoms with Crippen LogP contribution in [0.15, 0.2) is 30.3 Å². The van der Waals surface area contributed by atoms with Gasteiger partial charge in [0.2, 0.25) is 0 Å². The third-order valence-corrected chi connectivity index (χ3v) is 4.54. The second-order valence-electron chi connectivity index (χ2n) is 6.02. The van der Waals surface area contributed by atoms with E-state index >= 15 is 0 Å². The number of methoxy groups -OCH3 is 1. The van der Waals surface area contributed by atoms with E-state index in [2.05, 4.69) is 20.8 Å². The summed E-state index contributed by atoms with van der Waals surface area (Å²) in [5, 5.41) is 11.5. The Morgan fingerprint density at radius 1 is 1.08 bits per heavy atom. The third-order valence-electron chi connectivity index (χ3n) is 3.91. The van der Waals surface area contributed by atoms with E-state index < -0.39 is 6.10 Å². The van der Waals surface area contributed by atoms with Gasteiger partial charge in [-0.05, 0) is 41.7 Å². The molecule has 2 aromatic rings. The highest BCUT2D eigenvalue weighted by atomic mass is 35.5. The Balaban J connectivity index is 2.39. The van der Waals surface area contributed by atoms with Crippen LogP contribution in [0, 0.1) is 6.92 Å². The fourth-order valence-corrected chi connectivity index (χ4v) is 3.32. The molecule has 0 spiro atoms. The van der Waals surface area contributed by atoms with Crippen molar-refractivity contribution in [1.29, 1.82) is 0 Å². The summed E-state index contributed by atoms with van der Waals surface area (Å²) < 4.78 is 10.2. The summed E-state index contributed by atoms with van der Waals surface area (Å²) in [4.78, 5) is 0. The van der Waals surface area contributed by atoms with E-state index in [-0.39, 0.29) is 6.79 Å². The number of aryl methyl sites for hydroxylation is 1. The van der Waals surface area contributed by atoms with Gasteiger partial charge in [-0.3, -0.25) is 0 Å². The molecule has 0 aliphatic heterocycles. The summed E-state index contributed by atoms with van der Waals surface area (Å²) in [5.74, 6) is 0.863. The molecule has 1 atom stereocenters. The van der Waals surface area contributed by atoms with Crippen molar-refractivity contribution >= 4 is 23.2 Å². The van der Waals surface area contributed by atoms with E-state index in [0.717, 1.165) is 5.56 Å². The molecular weight excluding hydrogens is 347 g/mol. The molecule has 0 amide bonds. The van der Waals surface area contributed by atoms with Crippen LogP contribution < -0.4 is 4.74 Å². The summed E-state index contributed by atoms with van der Waals surface area (Å²) in [7, 11) is 1.53. The molecule has 0 saturated heterocycles. The van der Waals surface area contributed by atoms with Crippen molar-refractivity contribution in [3.8, 4) is 5.75 Å². The lowest BCUT2D eigenvalue weighted by atomic mass is 9.92. The van der Waals surface area contributed by atoms with Crippen molar-refractivity contribution in [2.45, 2.75) is 32.8 Å². The number of aliphatic hydroxyl groups excluding tert-OH is 1. The maximum absolute atomic E-state index is 10.8. The number of hydrogen-bond donors (Lipinski definition) is 1. The zero-order valence-corrected chi connectivity index (χ0v) is 15.8. The Kier molecular flexibility index (Phi) is 6.53. The number of rotatable bonds is 6. The van der Waals surface area contributed by atoms with Crippen molar-refractivity contribution in [1.82, 2.24) is 0 Å². The monoisotopic (exact) mass is 368 g/mol. The van der Waals surface area contributed by atoms with Gasteiger partial charge in [-0.25, -0.2) is 0 Å². The van der Waals surface area contributed by atoms with Gasteiger partial charge in [-0.15, -0.1) is 0 Å². The zero-order valence-electron chi connectivity index (χ0n) is 14.3. The highest BCUT2D eigenvalue weighted by Crippen LogP contribution is 2.38. The number of hydrogen-bond acceptors (Lipinski definition) is 3. The van der Waals surface area contributed by atoms with Gasteiger partial charge in [-0.2, -0.15) is 0 Å². The second-order valence-corrected chi connectivity index (χ2v) is 6.84. The lowest BCUT2D eigenvalue weighted by Gasteiger charge is -2.19. The Labute approximate surface area is 153 Å². The lowest BCUT2D eigenvalue weighted by molar-refractivity contribution is 0.0511. The number of halogens is 2. The molecule has 0 aromatic heterocycles. The number of ether oxygens (including phenoxy) is 2. The van der Waals surface area contributed by atoms with Crippen molar-refractivity contribution in [3.05, 3.63) is 62.6 Å². The fraction of sp³-hybridized carbons (Fsp3) is 0.368. The van der Waals surface area contributed by atoms with Gasteiger partial charge >= 0.3 is 0 Å². The maximum atomic E-state index is 10.8. The van der Waals surface area contributed by atoms with Crippen LogP contribution in [0.3, 0.4) is 0 Å². The summed E-state index contributed by atoms with van der Waals surface area (Å²) in [6.45, 7) is 6.42. The fourth-order valence-electron chi connectivity index (χ4n) is 2.65. The van der Waals surface area contributed by atoms with E-state index in [4.69, 9.17) is 32.7 Å². The first-order chi connectivity index (χ1) is 11.3. The highest BCUT2D eigenvalue weighted by Gasteiger charge is 2.20. The molecular formula is C19H22Cl2O3. The third kappa shape index (κ3) is 4.22. The Morgan fingerprint density at radius 2 is 1.71 bits per heavy atom. The quantitative estimate of drug-likeness (QED) is 0.685. The molecule has 1 N–H and O–H groups in total. The van der Waals surface area contributed by atoms with Gasteiger partial charge < -0.3 is 14.6 Å².